The highest BCUT2D eigenvalue weighted by molar-refractivity contribution is 6.01. The van der Waals surface area contributed by atoms with Crippen LogP contribution in [0.4, 0.5) is 10.5 Å². The Morgan fingerprint density at radius 3 is 2.59 bits per heavy atom. The fraction of sp³-hybridized carbons (Fsp3) is 0.273. The molecule has 0 radical (unpaired) electrons. The summed E-state index contributed by atoms with van der Waals surface area (Å²) >= 11 is 0. The molecule has 0 saturated heterocycles. The number of benzene rings is 2. The van der Waals surface area contributed by atoms with E-state index < -0.39 is 17.9 Å². The van der Waals surface area contributed by atoms with Crippen molar-refractivity contribution in [3.05, 3.63) is 59.2 Å². The molecule has 10 nitrogen and oxygen atoms in total. The second-order valence-electron chi connectivity index (χ2n) is 7.50. The van der Waals surface area contributed by atoms with Crippen LogP contribution in [0.15, 0.2) is 42.5 Å². The van der Waals surface area contributed by atoms with Crippen molar-refractivity contribution in [2.45, 2.75) is 40.3 Å². The first-order valence-electron chi connectivity index (χ1n) is 9.98. The Hall–Kier alpha value is -4.08. The molecule has 2 N–H and O–H groups in total. The summed E-state index contributed by atoms with van der Waals surface area (Å²) in [4.78, 5) is 37.4. The van der Waals surface area contributed by atoms with E-state index in [1.54, 1.807) is 44.2 Å². The van der Waals surface area contributed by atoms with Gasteiger partial charge in [0.2, 0.25) is 5.82 Å². The van der Waals surface area contributed by atoms with Gasteiger partial charge >= 0.3 is 12.0 Å². The Morgan fingerprint density at radius 1 is 1.09 bits per heavy atom. The normalized spacial score (nSPS) is 10.7. The maximum Gasteiger partial charge on any atom is 0.338 e. The molecule has 166 valence electrons. The third-order valence-corrected chi connectivity index (χ3v) is 4.32. The average molecular weight is 436 g/mol. The topological polar surface area (TPSA) is 128 Å². The number of aromatic nitrogens is 4. The molecule has 0 aliphatic carbocycles. The van der Waals surface area contributed by atoms with E-state index in [4.69, 9.17) is 4.74 Å². The summed E-state index contributed by atoms with van der Waals surface area (Å²) in [5.74, 6) is -0.828. The van der Waals surface area contributed by atoms with E-state index in [1.807, 2.05) is 26.0 Å². The van der Waals surface area contributed by atoms with Gasteiger partial charge in [0.1, 0.15) is 6.54 Å². The van der Waals surface area contributed by atoms with Crippen molar-refractivity contribution >= 4 is 23.6 Å². The first-order valence-corrected chi connectivity index (χ1v) is 9.98. The molecule has 10 heteroatoms. The molecule has 0 spiro atoms. The second kappa shape index (κ2) is 9.82. The van der Waals surface area contributed by atoms with Gasteiger partial charge in [0, 0.05) is 11.3 Å². The van der Waals surface area contributed by atoms with Crippen molar-refractivity contribution in [2.24, 2.45) is 0 Å². The number of nitrogens with one attached hydrogen (secondary N) is 2. The second-order valence-corrected chi connectivity index (χ2v) is 7.50. The smallest absolute Gasteiger partial charge is 0.338 e. The summed E-state index contributed by atoms with van der Waals surface area (Å²) in [7, 11) is 0. The summed E-state index contributed by atoms with van der Waals surface area (Å²) < 4.78 is 5.19. The lowest BCUT2D eigenvalue weighted by Gasteiger charge is -2.09. The molecule has 0 fully saturated rings. The van der Waals surface area contributed by atoms with Crippen LogP contribution >= 0.6 is 0 Å². The van der Waals surface area contributed by atoms with Gasteiger partial charge in [-0.15, -0.1) is 10.2 Å². The Morgan fingerprint density at radius 2 is 1.88 bits per heavy atom. The number of carbonyl (C=O) groups excluding carboxylic acids is 3. The number of ether oxygens (including phenoxy) is 1. The van der Waals surface area contributed by atoms with E-state index in [1.165, 1.54) is 0 Å². The number of tetrazole rings is 1. The van der Waals surface area contributed by atoms with E-state index in [9.17, 15) is 14.4 Å². The van der Waals surface area contributed by atoms with Crippen LogP contribution < -0.4 is 10.6 Å². The molecule has 3 rings (SSSR count). The van der Waals surface area contributed by atoms with E-state index in [0.29, 0.717) is 16.8 Å². The molecule has 1 aromatic heterocycles. The predicted molar refractivity (Wildman–Crippen MR) is 117 cm³/mol. The van der Waals surface area contributed by atoms with Crippen LogP contribution in [0.2, 0.25) is 0 Å². The molecular formula is C22H24N6O4. The fourth-order valence-electron chi connectivity index (χ4n) is 2.90. The van der Waals surface area contributed by atoms with Gasteiger partial charge in [-0.1, -0.05) is 29.8 Å². The lowest BCUT2D eigenvalue weighted by molar-refractivity contribution is -0.120. The summed E-state index contributed by atoms with van der Waals surface area (Å²) in [6.45, 7) is 7.04. The largest absolute Gasteiger partial charge is 0.459 e. The molecule has 0 bridgehead atoms. The van der Waals surface area contributed by atoms with Crippen LogP contribution in [-0.4, -0.2) is 44.2 Å². The van der Waals surface area contributed by atoms with Crippen LogP contribution in [0.25, 0.3) is 11.4 Å². The van der Waals surface area contributed by atoms with Crippen LogP contribution in [0.3, 0.4) is 0 Å². The molecule has 0 unspecified atom stereocenters. The molecule has 3 amide bonds. The van der Waals surface area contributed by atoms with Gasteiger partial charge in [0.15, 0.2) is 0 Å². The first kappa shape index (κ1) is 22.6. The first-order chi connectivity index (χ1) is 15.2. The van der Waals surface area contributed by atoms with Gasteiger partial charge in [-0.25, -0.2) is 9.59 Å². The lowest BCUT2D eigenvalue weighted by Crippen LogP contribution is -2.37. The molecule has 2 aromatic carbocycles. The zero-order chi connectivity index (χ0) is 23.3. The number of rotatable bonds is 6. The zero-order valence-corrected chi connectivity index (χ0v) is 18.2. The van der Waals surface area contributed by atoms with Crippen molar-refractivity contribution < 1.29 is 19.1 Å². The standard InChI is InChI=1S/C22H24N6O4/c1-13(2)32-21(30)17-7-5-6-16(11-17)20-25-27-28(26-20)12-19(29)24-22(31)23-18-9-8-14(3)10-15(18)4/h5-11,13H,12H2,1-4H3,(H2,23,24,29,31). The van der Waals surface area contributed by atoms with E-state index in [0.717, 1.165) is 15.9 Å². The SMILES string of the molecule is Cc1ccc(NC(=O)NC(=O)Cn2nnc(-c3cccc(C(=O)OC(C)C)c3)n2)c(C)c1. The van der Waals surface area contributed by atoms with Crippen molar-refractivity contribution in [1.82, 2.24) is 25.5 Å². The minimum atomic E-state index is -0.654. The fourth-order valence-corrected chi connectivity index (χ4v) is 2.90. The molecule has 1 heterocycles. The number of nitrogens with zero attached hydrogens (tertiary/aromatic N) is 4. The van der Waals surface area contributed by atoms with Crippen LogP contribution in [-0.2, 0) is 16.1 Å². The highest BCUT2D eigenvalue weighted by Crippen LogP contribution is 2.17. The van der Waals surface area contributed by atoms with Gasteiger partial charge in [-0.2, -0.15) is 4.80 Å². The van der Waals surface area contributed by atoms with Crippen molar-refractivity contribution in [3.63, 3.8) is 0 Å². The molecule has 0 atom stereocenters. The zero-order valence-electron chi connectivity index (χ0n) is 18.2. The van der Waals surface area contributed by atoms with Crippen LogP contribution in [0, 0.1) is 13.8 Å². The Bertz CT molecular complexity index is 1150. The third-order valence-electron chi connectivity index (χ3n) is 4.32. The van der Waals surface area contributed by atoms with Crippen molar-refractivity contribution in [3.8, 4) is 11.4 Å². The van der Waals surface area contributed by atoms with Gasteiger partial charge < -0.3 is 10.1 Å². The number of carbonyl (C=O) groups is 3. The van der Waals surface area contributed by atoms with Gasteiger partial charge in [-0.3, -0.25) is 10.1 Å². The summed E-state index contributed by atoms with van der Waals surface area (Å²) in [6, 6.07) is 11.5. The Labute approximate surface area is 185 Å². The van der Waals surface area contributed by atoms with Crippen LogP contribution in [0.1, 0.15) is 35.3 Å². The summed E-state index contributed by atoms with van der Waals surface area (Å²) in [5, 5.41) is 16.8. The maximum absolute atomic E-state index is 12.2. The lowest BCUT2D eigenvalue weighted by atomic mass is 10.1. The molecule has 0 aliphatic rings. The van der Waals surface area contributed by atoms with E-state index in [-0.39, 0.29) is 18.5 Å². The molecule has 0 aliphatic heterocycles. The number of anilines is 1. The van der Waals surface area contributed by atoms with E-state index in [2.05, 4.69) is 26.0 Å². The highest BCUT2D eigenvalue weighted by Gasteiger charge is 2.15. The number of imide groups is 1. The minimum absolute atomic E-state index is 0.233. The molecule has 0 saturated carbocycles. The van der Waals surface area contributed by atoms with Gasteiger partial charge in [-0.05, 0) is 56.7 Å². The summed E-state index contributed by atoms with van der Waals surface area (Å²) in [5.41, 5.74) is 3.46. The van der Waals surface area contributed by atoms with Crippen LogP contribution in [0.5, 0.6) is 0 Å². The number of hydrogen-bond donors (Lipinski definition) is 2. The molecule has 3 aromatic rings. The van der Waals surface area contributed by atoms with Gasteiger partial charge in [0.05, 0.1) is 11.7 Å². The minimum Gasteiger partial charge on any atom is -0.459 e. The third kappa shape index (κ3) is 5.97. The average Bonchev–Trinajstić information content (AvgIpc) is 3.18. The Kier molecular flexibility index (Phi) is 6.93. The highest BCUT2D eigenvalue weighted by atomic mass is 16.5. The molecular weight excluding hydrogens is 412 g/mol. The van der Waals surface area contributed by atoms with Gasteiger partial charge in [0.25, 0.3) is 5.91 Å². The van der Waals surface area contributed by atoms with E-state index >= 15 is 0 Å². The Balaban J connectivity index is 1.60. The maximum atomic E-state index is 12.2. The number of aryl methyl sites for hydroxylation is 2. The quantitative estimate of drug-likeness (QED) is 0.569. The van der Waals surface area contributed by atoms with Crippen molar-refractivity contribution in [1.29, 1.82) is 0 Å². The number of hydrogen-bond acceptors (Lipinski definition) is 7. The summed E-state index contributed by atoms with van der Waals surface area (Å²) in [6.07, 6.45) is -0.240. The number of amides is 3. The monoisotopic (exact) mass is 436 g/mol. The number of urea groups is 1. The molecule has 32 heavy (non-hydrogen) atoms. The van der Waals surface area contributed by atoms with Crippen molar-refractivity contribution in [2.75, 3.05) is 5.32 Å². The number of esters is 1. The predicted octanol–water partition coefficient (Wildman–Crippen LogP) is 2.87.